The Bertz CT molecular complexity index is 2210. The predicted molar refractivity (Wildman–Crippen MR) is 173 cm³/mol. The Morgan fingerprint density at radius 1 is 0.561 bits per heavy atom. The molecular weight excluding hydrogens is 496 g/mol. The summed E-state index contributed by atoms with van der Waals surface area (Å²) in [5, 5.41) is 5.18. The minimum atomic E-state index is 0.0374. The van der Waals surface area contributed by atoms with Crippen LogP contribution < -0.4 is 0 Å². The zero-order chi connectivity index (χ0) is 27.3. The third kappa shape index (κ3) is 3.02. The molecule has 196 valence electrons. The number of hydrogen-bond acceptors (Lipinski definition) is 0. The Balaban J connectivity index is 1.40. The van der Waals surface area contributed by atoms with Gasteiger partial charge in [0.15, 0.2) is 0 Å². The molecule has 0 saturated heterocycles. The van der Waals surface area contributed by atoms with E-state index in [0.717, 1.165) is 12.8 Å². The summed E-state index contributed by atoms with van der Waals surface area (Å²) in [4.78, 5) is 0. The number of benzene rings is 5. The highest BCUT2D eigenvalue weighted by molar-refractivity contribution is 6.13. The summed E-state index contributed by atoms with van der Waals surface area (Å²) in [7, 11) is 0. The van der Waals surface area contributed by atoms with Gasteiger partial charge in [-0.05, 0) is 84.1 Å². The smallest absolute Gasteiger partial charge is 0.0544 e. The van der Waals surface area contributed by atoms with Crippen LogP contribution in [-0.2, 0) is 5.41 Å². The molecular formula is C39H30N2. The zero-order valence-corrected chi connectivity index (χ0v) is 23.4. The molecule has 2 heteroatoms. The summed E-state index contributed by atoms with van der Waals surface area (Å²) in [5.74, 6) is 0. The van der Waals surface area contributed by atoms with Gasteiger partial charge in [0.25, 0.3) is 0 Å². The van der Waals surface area contributed by atoms with Crippen LogP contribution in [0.2, 0.25) is 0 Å². The molecule has 7 aromatic rings. The number of para-hydroxylation sites is 3. The van der Waals surface area contributed by atoms with Crippen LogP contribution in [0.3, 0.4) is 0 Å². The fourth-order valence-electron chi connectivity index (χ4n) is 7.72. The molecule has 0 aliphatic heterocycles. The summed E-state index contributed by atoms with van der Waals surface area (Å²) in [6.45, 7) is 4.82. The van der Waals surface area contributed by atoms with Gasteiger partial charge in [0.05, 0.1) is 22.1 Å². The maximum atomic E-state index is 2.49. The molecule has 0 radical (unpaired) electrons. The first-order chi connectivity index (χ1) is 20.1. The van der Waals surface area contributed by atoms with E-state index in [1.54, 1.807) is 5.57 Å². The van der Waals surface area contributed by atoms with Crippen LogP contribution in [-0.4, -0.2) is 9.13 Å². The first kappa shape index (κ1) is 22.9. The van der Waals surface area contributed by atoms with Gasteiger partial charge in [-0.3, -0.25) is 0 Å². The van der Waals surface area contributed by atoms with Gasteiger partial charge in [-0.1, -0.05) is 86.2 Å². The minimum Gasteiger partial charge on any atom is -0.309 e. The minimum absolute atomic E-state index is 0.0374. The molecule has 2 nitrogen and oxygen atoms in total. The molecule has 9 rings (SSSR count). The molecule has 2 aliphatic carbocycles. The number of allylic oxidation sites excluding steroid dienone is 4. The van der Waals surface area contributed by atoms with E-state index in [0.29, 0.717) is 0 Å². The highest BCUT2D eigenvalue weighted by Gasteiger charge is 2.38. The molecule has 0 N–H and O–H groups in total. The molecule has 0 bridgehead atoms. The van der Waals surface area contributed by atoms with Gasteiger partial charge in [0.2, 0.25) is 0 Å². The second-order valence-corrected chi connectivity index (χ2v) is 12.1. The third-order valence-corrected chi connectivity index (χ3v) is 9.63. The van der Waals surface area contributed by atoms with Gasteiger partial charge in [0, 0.05) is 38.3 Å². The molecule has 0 spiro atoms. The SMILES string of the molecule is CC1(C)C2=C(C=CCC2)c2cc3c4cc(-n5c6ccccc6c6ccccc65)ccc4n(-c4ccccc4)c3cc21. The van der Waals surface area contributed by atoms with Gasteiger partial charge < -0.3 is 9.13 Å². The van der Waals surface area contributed by atoms with Crippen LogP contribution in [0.15, 0.2) is 127 Å². The number of fused-ring (bicyclic) bond motifs is 8. The molecule has 0 amide bonds. The lowest BCUT2D eigenvalue weighted by Crippen LogP contribution is -2.17. The van der Waals surface area contributed by atoms with Crippen molar-refractivity contribution in [2.75, 3.05) is 0 Å². The monoisotopic (exact) mass is 526 g/mol. The molecule has 2 aromatic heterocycles. The van der Waals surface area contributed by atoms with E-state index in [9.17, 15) is 0 Å². The Morgan fingerprint density at radius 2 is 1.20 bits per heavy atom. The summed E-state index contributed by atoms with van der Waals surface area (Å²) in [5.41, 5.74) is 13.3. The Labute approximate surface area is 239 Å². The number of nitrogens with zero attached hydrogens (tertiary/aromatic N) is 2. The van der Waals surface area contributed by atoms with Gasteiger partial charge in [-0.2, -0.15) is 0 Å². The molecule has 5 aromatic carbocycles. The van der Waals surface area contributed by atoms with Crippen molar-refractivity contribution in [1.29, 1.82) is 0 Å². The molecule has 2 aliphatic rings. The van der Waals surface area contributed by atoms with Crippen LogP contribution >= 0.6 is 0 Å². The van der Waals surface area contributed by atoms with Gasteiger partial charge in [0.1, 0.15) is 0 Å². The van der Waals surface area contributed by atoms with Crippen molar-refractivity contribution in [2.45, 2.75) is 32.1 Å². The van der Waals surface area contributed by atoms with E-state index in [1.807, 2.05) is 0 Å². The first-order valence-electron chi connectivity index (χ1n) is 14.7. The summed E-state index contributed by atoms with van der Waals surface area (Å²) in [6, 6.07) is 40.4. The van der Waals surface area contributed by atoms with E-state index in [2.05, 4.69) is 144 Å². The fraction of sp³-hybridized carbons (Fsp3) is 0.128. The predicted octanol–water partition coefficient (Wildman–Crippen LogP) is 10.3. The van der Waals surface area contributed by atoms with E-state index < -0.39 is 0 Å². The maximum absolute atomic E-state index is 2.49. The zero-order valence-electron chi connectivity index (χ0n) is 23.4. The first-order valence-corrected chi connectivity index (χ1v) is 14.7. The highest BCUT2D eigenvalue weighted by atomic mass is 15.0. The van der Waals surface area contributed by atoms with Crippen LogP contribution in [0.25, 0.3) is 60.6 Å². The van der Waals surface area contributed by atoms with Crippen molar-refractivity contribution in [3.63, 3.8) is 0 Å². The van der Waals surface area contributed by atoms with Crippen LogP contribution in [0.1, 0.15) is 37.8 Å². The summed E-state index contributed by atoms with van der Waals surface area (Å²) >= 11 is 0. The topological polar surface area (TPSA) is 9.86 Å². The van der Waals surface area contributed by atoms with Crippen molar-refractivity contribution in [3.8, 4) is 11.4 Å². The van der Waals surface area contributed by atoms with Crippen LogP contribution in [0.4, 0.5) is 0 Å². The van der Waals surface area contributed by atoms with Crippen LogP contribution in [0.5, 0.6) is 0 Å². The van der Waals surface area contributed by atoms with Crippen molar-refractivity contribution < 1.29 is 0 Å². The largest absolute Gasteiger partial charge is 0.309 e. The quantitative estimate of drug-likeness (QED) is 0.212. The van der Waals surface area contributed by atoms with E-state index in [1.165, 1.54) is 71.7 Å². The normalized spacial score (nSPS) is 15.9. The summed E-state index contributed by atoms with van der Waals surface area (Å²) < 4.78 is 4.89. The lowest BCUT2D eigenvalue weighted by Gasteiger charge is -2.25. The fourth-order valence-corrected chi connectivity index (χ4v) is 7.72. The Morgan fingerprint density at radius 3 is 1.95 bits per heavy atom. The van der Waals surface area contributed by atoms with Crippen molar-refractivity contribution in [1.82, 2.24) is 9.13 Å². The molecule has 0 fully saturated rings. The second-order valence-electron chi connectivity index (χ2n) is 12.1. The van der Waals surface area contributed by atoms with Crippen molar-refractivity contribution in [3.05, 3.63) is 138 Å². The molecule has 0 atom stereocenters. The summed E-state index contributed by atoms with van der Waals surface area (Å²) in [6.07, 6.45) is 7.01. The lowest BCUT2D eigenvalue weighted by molar-refractivity contribution is 0.608. The molecule has 2 heterocycles. The van der Waals surface area contributed by atoms with E-state index >= 15 is 0 Å². The third-order valence-electron chi connectivity index (χ3n) is 9.63. The Hall–Kier alpha value is -4.82. The van der Waals surface area contributed by atoms with Gasteiger partial charge in [-0.15, -0.1) is 0 Å². The number of hydrogen-bond donors (Lipinski definition) is 0. The number of aromatic nitrogens is 2. The van der Waals surface area contributed by atoms with Gasteiger partial charge in [-0.25, -0.2) is 0 Å². The van der Waals surface area contributed by atoms with Crippen molar-refractivity contribution >= 4 is 49.2 Å². The van der Waals surface area contributed by atoms with Gasteiger partial charge >= 0.3 is 0 Å². The average Bonchev–Trinajstić information content (AvgIpc) is 3.60. The Kier molecular flexibility index (Phi) is 4.54. The molecule has 41 heavy (non-hydrogen) atoms. The lowest BCUT2D eigenvalue weighted by atomic mass is 9.78. The van der Waals surface area contributed by atoms with E-state index in [-0.39, 0.29) is 5.41 Å². The van der Waals surface area contributed by atoms with E-state index in [4.69, 9.17) is 0 Å². The average molecular weight is 527 g/mol. The van der Waals surface area contributed by atoms with Crippen molar-refractivity contribution in [2.24, 2.45) is 0 Å². The molecule has 0 saturated carbocycles. The number of rotatable bonds is 2. The maximum Gasteiger partial charge on any atom is 0.0544 e. The standard InChI is InChI=1S/C39H30N2/c1-39(2)33-17-9-6-14-27(33)30-23-32-31-22-26(41-35-18-10-7-15-28(35)29-16-8-11-19-36(29)41)20-21-37(31)40(38(32)24-34(30)39)25-12-4-3-5-13-25/h3-8,10-16,18-24H,9,17H2,1-2H3. The molecule has 0 unspecified atom stereocenters. The highest BCUT2D eigenvalue weighted by Crippen LogP contribution is 2.52. The van der Waals surface area contributed by atoms with Crippen LogP contribution in [0, 0.1) is 0 Å². The second kappa shape index (κ2) is 8.11.